The van der Waals surface area contributed by atoms with E-state index in [-0.39, 0.29) is 49.6 Å². The molecule has 0 atom stereocenters. The average molecular weight is 538 g/mol. The first kappa shape index (κ1) is 34.3. The monoisotopic (exact) mass is 536 g/mol. The molecule has 0 spiro atoms. The molecule has 0 fully saturated rings. The van der Waals surface area contributed by atoms with Crippen LogP contribution in [0, 0.1) is 0 Å². The zero-order valence-corrected chi connectivity index (χ0v) is 22.4. The van der Waals surface area contributed by atoms with Crippen molar-refractivity contribution in [3.05, 3.63) is 60.2 Å². The van der Waals surface area contributed by atoms with Gasteiger partial charge in [-0.3, -0.25) is 0 Å². The molecule has 0 unspecified atom stereocenters. The molecule has 3 aromatic rings. The Kier molecular flexibility index (Phi) is 21.4. The average Bonchev–Trinajstić information content (AvgIpc) is 2.76. The first-order valence-electron chi connectivity index (χ1n) is 11.5. The van der Waals surface area contributed by atoms with Gasteiger partial charge in [-0.25, -0.2) is 0 Å². The summed E-state index contributed by atoms with van der Waals surface area (Å²) in [6, 6.07) is 19.9. The third-order valence-corrected chi connectivity index (χ3v) is 5.77. The lowest BCUT2D eigenvalue weighted by Gasteiger charge is -2.11. The van der Waals surface area contributed by atoms with E-state index in [1.54, 1.807) is 0 Å². The predicted molar refractivity (Wildman–Crippen MR) is 121 cm³/mol. The summed E-state index contributed by atoms with van der Waals surface area (Å²) in [7, 11) is 0. The van der Waals surface area contributed by atoms with Gasteiger partial charge in [0.2, 0.25) is 0 Å². The number of hydrogen-bond donors (Lipinski definition) is 4. The van der Waals surface area contributed by atoms with E-state index >= 15 is 0 Å². The molecule has 188 valence electrons. The minimum atomic E-state index is 0. The summed E-state index contributed by atoms with van der Waals surface area (Å²) in [4.78, 5) is 0. The molecule has 0 saturated heterocycles. The topological polar surface area (TPSA) is 77.5 Å². The molecule has 8 heteroatoms. The maximum absolute atomic E-state index is 3.89. The maximum Gasteiger partial charge on any atom is 0.102 e. The van der Waals surface area contributed by atoms with E-state index in [9.17, 15) is 0 Å². The Morgan fingerprint density at radius 3 is 1.55 bits per heavy atom. The largest absolute Gasteiger partial charge is 1.00 e. The highest BCUT2D eigenvalue weighted by Crippen LogP contribution is 2.27. The van der Waals surface area contributed by atoms with Gasteiger partial charge >= 0.3 is 0 Å². The molecular weight excluding hydrogens is 498 g/mol. The number of fused-ring (bicyclic) bond motifs is 2. The van der Waals surface area contributed by atoms with E-state index < -0.39 is 0 Å². The van der Waals surface area contributed by atoms with Crippen molar-refractivity contribution in [1.29, 1.82) is 0 Å². The van der Waals surface area contributed by atoms with Gasteiger partial charge in [-0.2, -0.15) is 0 Å². The summed E-state index contributed by atoms with van der Waals surface area (Å²) in [6.07, 6.45) is 5.20. The number of hydrogen-bond acceptors (Lipinski definition) is 0. The number of unbranched alkanes of at least 4 members (excludes halogenated alkanes) is 1. The minimum Gasteiger partial charge on any atom is -1.00 e. The van der Waals surface area contributed by atoms with Crippen LogP contribution in [0.1, 0.15) is 31.2 Å². The van der Waals surface area contributed by atoms with Gasteiger partial charge in [0.1, 0.15) is 6.54 Å². The standard InChI is InChI=1S/C25H36N4.4ClH/c26-13-7-16-27-14-5-6-15-28-17-8-18-29-20-25-23-11-3-1-9-21(23)19-22-10-2-4-12-24(22)25;;;;/h1-4,9-12,19,27-29H,5-8,13-18,20,26H2;4*1H. The molecule has 0 aliphatic carbocycles. The minimum absolute atomic E-state index is 0. The van der Waals surface area contributed by atoms with Gasteiger partial charge < -0.3 is 71.3 Å². The third kappa shape index (κ3) is 11.4. The lowest BCUT2D eigenvalue weighted by atomic mass is 9.97. The maximum atomic E-state index is 3.89. The molecule has 9 N–H and O–H groups in total. The van der Waals surface area contributed by atoms with Crippen molar-refractivity contribution in [2.45, 2.75) is 32.2 Å². The highest BCUT2D eigenvalue weighted by atomic mass is 35.5. The van der Waals surface area contributed by atoms with Crippen molar-refractivity contribution < 1.29 is 71.3 Å². The molecule has 3 rings (SSSR count). The second-order valence-electron chi connectivity index (χ2n) is 8.08. The Hall–Kier alpha value is -0.820. The van der Waals surface area contributed by atoms with Crippen molar-refractivity contribution >= 4 is 21.5 Å². The van der Waals surface area contributed by atoms with Gasteiger partial charge in [0.25, 0.3) is 0 Å². The van der Waals surface area contributed by atoms with Gasteiger partial charge in [-0.15, -0.1) is 0 Å². The molecule has 0 bridgehead atoms. The van der Waals surface area contributed by atoms with Gasteiger partial charge in [-0.1, -0.05) is 48.5 Å². The van der Waals surface area contributed by atoms with Gasteiger partial charge in [0.15, 0.2) is 0 Å². The number of quaternary nitrogens is 4. The quantitative estimate of drug-likeness (QED) is 0.116. The van der Waals surface area contributed by atoms with Crippen LogP contribution in [0.4, 0.5) is 0 Å². The molecule has 0 aliphatic heterocycles. The third-order valence-electron chi connectivity index (χ3n) is 5.77. The molecule has 0 aliphatic rings. The summed E-state index contributed by atoms with van der Waals surface area (Å²) in [5, 5.41) is 12.9. The highest BCUT2D eigenvalue weighted by molar-refractivity contribution is 6.02. The van der Waals surface area contributed by atoms with Crippen molar-refractivity contribution in [2.24, 2.45) is 0 Å². The Morgan fingerprint density at radius 2 is 1.00 bits per heavy atom. The molecule has 33 heavy (non-hydrogen) atoms. The summed E-state index contributed by atoms with van der Waals surface area (Å²) < 4.78 is 0. The Labute approximate surface area is 223 Å². The van der Waals surface area contributed by atoms with Crippen molar-refractivity contribution in [1.82, 2.24) is 0 Å². The van der Waals surface area contributed by atoms with E-state index in [4.69, 9.17) is 0 Å². The molecule has 0 saturated carbocycles. The van der Waals surface area contributed by atoms with Crippen LogP contribution < -0.4 is 71.3 Å². The number of nitrogens with two attached hydrogens (primary N) is 3. The summed E-state index contributed by atoms with van der Waals surface area (Å²) in [6.45, 7) is 8.38. The van der Waals surface area contributed by atoms with Crippen molar-refractivity contribution in [3.8, 4) is 0 Å². The van der Waals surface area contributed by atoms with E-state index in [1.807, 2.05) is 0 Å². The lowest BCUT2D eigenvalue weighted by Crippen LogP contribution is -3.00. The SMILES string of the molecule is [Cl-].[Cl-].[Cl-].[Cl-].[NH3+]CCC[NH2+]CCCC[NH2+]CCC[NH2+]Cc1c2ccccc2cc2ccccc12. The van der Waals surface area contributed by atoms with Crippen molar-refractivity contribution in [3.63, 3.8) is 0 Å². The Morgan fingerprint density at radius 1 is 0.545 bits per heavy atom. The number of rotatable bonds is 14. The van der Waals surface area contributed by atoms with Crippen LogP contribution in [0.15, 0.2) is 54.6 Å². The normalized spacial score (nSPS) is 10.1. The zero-order chi connectivity index (χ0) is 20.2. The Balaban J connectivity index is 0. The summed E-state index contributed by atoms with van der Waals surface area (Å²) in [5.41, 5.74) is 5.37. The molecule has 0 heterocycles. The zero-order valence-electron chi connectivity index (χ0n) is 19.4. The smallest absolute Gasteiger partial charge is 0.102 e. The number of halogens is 4. The first-order chi connectivity index (χ1) is 14.4. The molecule has 3 aromatic carbocycles. The molecule has 0 radical (unpaired) electrons. The van der Waals surface area contributed by atoms with Crippen LogP contribution in [0.25, 0.3) is 21.5 Å². The van der Waals surface area contributed by atoms with E-state index in [2.05, 4.69) is 76.3 Å². The molecule has 4 nitrogen and oxygen atoms in total. The predicted octanol–water partition coefficient (Wildman–Crippen LogP) is -12.0. The van der Waals surface area contributed by atoms with Crippen LogP contribution in [0.2, 0.25) is 0 Å². The summed E-state index contributed by atoms with van der Waals surface area (Å²) >= 11 is 0. The summed E-state index contributed by atoms with van der Waals surface area (Å²) in [5.74, 6) is 0. The fourth-order valence-corrected chi connectivity index (χ4v) is 4.14. The van der Waals surface area contributed by atoms with E-state index in [1.165, 1.54) is 85.5 Å². The van der Waals surface area contributed by atoms with Crippen molar-refractivity contribution in [2.75, 3.05) is 39.3 Å². The van der Waals surface area contributed by atoms with E-state index in [0.717, 1.165) is 13.1 Å². The fraction of sp³-hybridized carbons (Fsp3) is 0.440. The second-order valence-corrected chi connectivity index (χ2v) is 8.08. The first-order valence-corrected chi connectivity index (χ1v) is 11.5. The highest BCUT2D eigenvalue weighted by Gasteiger charge is 2.08. The molecular formula is C25H40Cl4N4. The Bertz CT molecular complexity index is 825. The van der Waals surface area contributed by atoms with Gasteiger partial charge in [-0.05, 0) is 27.6 Å². The lowest BCUT2D eigenvalue weighted by molar-refractivity contribution is -0.690. The van der Waals surface area contributed by atoms with Gasteiger partial charge in [0, 0.05) is 31.2 Å². The van der Waals surface area contributed by atoms with Crippen LogP contribution in [0.3, 0.4) is 0 Å². The number of benzene rings is 3. The molecule has 0 amide bonds. The van der Waals surface area contributed by atoms with Crippen LogP contribution in [0.5, 0.6) is 0 Å². The van der Waals surface area contributed by atoms with Crippen LogP contribution in [-0.4, -0.2) is 39.3 Å². The second kappa shape index (κ2) is 20.5. The van der Waals surface area contributed by atoms with Crippen LogP contribution >= 0.6 is 0 Å². The van der Waals surface area contributed by atoms with E-state index in [0.29, 0.717) is 0 Å². The van der Waals surface area contributed by atoms with Crippen LogP contribution in [-0.2, 0) is 6.54 Å². The fourth-order valence-electron chi connectivity index (χ4n) is 4.14. The molecule has 0 aromatic heterocycles. The van der Waals surface area contributed by atoms with Gasteiger partial charge in [0.05, 0.1) is 39.3 Å².